The van der Waals surface area contributed by atoms with Gasteiger partial charge in [0.2, 0.25) is 5.91 Å². The minimum Gasteiger partial charge on any atom is -0.493 e. The Morgan fingerprint density at radius 2 is 1.92 bits per heavy atom. The third-order valence-corrected chi connectivity index (χ3v) is 4.69. The number of hydrogen-bond donors (Lipinski definition) is 1. The quantitative estimate of drug-likeness (QED) is 0.546. The lowest BCUT2D eigenvalue weighted by molar-refractivity contribution is -0.121. The van der Waals surface area contributed by atoms with Gasteiger partial charge in [0.25, 0.3) is 0 Å². The van der Waals surface area contributed by atoms with E-state index in [1.54, 1.807) is 25.3 Å². The zero-order chi connectivity index (χ0) is 18.1. The van der Waals surface area contributed by atoms with Crippen LogP contribution < -0.4 is 14.8 Å². The van der Waals surface area contributed by atoms with Gasteiger partial charge in [-0.1, -0.05) is 19.3 Å². The maximum Gasteiger partial charge on any atom is 0.220 e. The molecule has 0 aliphatic heterocycles. The van der Waals surface area contributed by atoms with E-state index in [2.05, 4.69) is 5.32 Å². The number of carbonyl (C=O) groups is 2. The van der Waals surface area contributed by atoms with Gasteiger partial charge in [-0.2, -0.15) is 0 Å². The lowest BCUT2D eigenvalue weighted by Gasteiger charge is -2.21. The molecule has 1 aliphatic rings. The average molecular weight is 347 g/mol. The number of carbonyl (C=O) groups excluding carboxylic acids is 2. The molecule has 0 radical (unpaired) electrons. The van der Waals surface area contributed by atoms with Crippen LogP contribution in [0.2, 0.25) is 0 Å². The van der Waals surface area contributed by atoms with Gasteiger partial charge in [0.1, 0.15) is 0 Å². The molecule has 0 heterocycles. The van der Waals surface area contributed by atoms with E-state index >= 15 is 0 Å². The molecule has 1 N–H and O–H groups in total. The molecular formula is C20H29NO4. The molecule has 5 heteroatoms. The molecule has 0 aromatic heterocycles. The molecule has 0 unspecified atom stereocenters. The van der Waals surface area contributed by atoms with Gasteiger partial charge in [-0.05, 0) is 50.3 Å². The molecule has 25 heavy (non-hydrogen) atoms. The van der Waals surface area contributed by atoms with Crippen LogP contribution in [0.25, 0.3) is 0 Å². The average Bonchev–Trinajstić information content (AvgIpc) is 2.64. The minimum atomic E-state index is -0.0144. The van der Waals surface area contributed by atoms with Crippen molar-refractivity contribution in [3.05, 3.63) is 23.8 Å². The van der Waals surface area contributed by atoms with Gasteiger partial charge in [0.15, 0.2) is 17.3 Å². The largest absolute Gasteiger partial charge is 0.493 e. The summed E-state index contributed by atoms with van der Waals surface area (Å²) in [6.07, 6.45) is 7.49. The fraction of sp³-hybridized carbons (Fsp3) is 0.600. The normalized spacial score (nSPS) is 14.8. The van der Waals surface area contributed by atoms with Crippen LogP contribution in [0.1, 0.15) is 62.2 Å². The number of nitrogens with one attached hydrogen (secondary N) is 1. The van der Waals surface area contributed by atoms with Crippen molar-refractivity contribution in [2.75, 3.05) is 20.3 Å². The lowest BCUT2D eigenvalue weighted by atomic mass is 9.89. The fourth-order valence-corrected chi connectivity index (χ4v) is 3.16. The van der Waals surface area contributed by atoms with Crippen LogP contribution in [-0.4, -0.2) is 32.0 Å². The third-order valence-electron chi connectivity index (χ3n) is 4.69. The fourth-order valence-electron chi connectivity index (χ4n) is 3.16. The Kier molecular flexibility index (Phi) is 7.76. The van der Waals surface area contributed by atoms with Crippen molar-refractivity contribution in [1.82, 2.24) is 5.32 Å². The molecule has 1 aliphatic carbocycles. The number of benzene rings is 1. The first-order valence-electron chi connectivity index (χ1n) is 9.18. The highest BCUT2D eigenvalue weighted by Crippen LogP contribution is 2.28. The first kappa shape index (κ1) is 19.3. The smallest absolute Gasteiger partial charge is 0.220 e. The van der Waals surface area contributed by atoms with E-state index in [0.29, 0.717) is 42.4 Å². The van der Waals surface area contributed by atoms with Crippen molar-refractivity contribution in [3.63, 3.8) is 0 Å². The van der Waals surface area contributed by atoms with Crippen LogP contribution >= 0.6 is 0 Å². The SMILES string of the molecule is COc1cc(C(C)=O)ccc1OCCCC(=O)NCC1CCCCC1. The summed E-state index contributed by atoms with van der Waals surface area (Å²) < 4.78 is 11.0. The topological polar surface area (TPSA) is 64.6 Å². The van der Waals surface area contributed by atoms with Crippen molar-refractivity contribution >= 4 is 11.7 Å². The first-order valence-corrected chi connectivity index (χ1v) is 9.18. The predicted octanol–water partition coefficient (Wildman–Crippen LogP) is 3.75. The Hall–Kier alpha value is -2.04. The highest BCUT2D eigenvalue weighted by atomic mass is 16.5. The number of rotatable bonds is 9. The summed E-state index contributed by atoms with van der Waals surface area (Å²) in [5, 5.41) is 3.04. The highest BCUT2D eigenvalue weighted by molar-refractivity contribution is 5.94. The summed E-state index contributed by atoms with van der Waals surface area (Å²) in [6, 6.07) is 5.13. The van der Waals surface area contributed by atoms with Crippen molar-refractivity contribution in [1.29, 1.82) is 0 Å². The monoisotopic (exact) mass is 347 g/mol. The third kappa shape index (κ3) is 6.40. The Morgan fingerprint density at radius 1 is 1.16 bits per heavy atom. The molecule has 1 saturated carbocycles. The second-order valence-corrected chi connectivity index (χ2v) is 6.68. The number of ether oxygens (including phenoxy) is 2. The van der Waals surface area contributed by atoms with E-state index in [4.69, 9.17) is 9.47 Å². The molecule has 1 amide bonds. The van der Waals surface area contributed by atoms with Gasteiger partial charge in [-0.15, -0.1) is 0 Å². The van der Waals surface area contributed by atoms with E-state index in [0.717, 1.165) is 6.54 Å². The van der Waals surface area contributed by atoms with Crippen molar-refractivity contribution in [2.24, 2.45) is 5.92 Å². The van der Waals surface area contributed by atoms with Gasteiger partial charge < -0.3 is 14.8 Å². The molecule has 1 aromatic rings. The van der Waals surface area contributed by atoms with Gasteiger partial charge in [-0.3, -0.25) is 9.59 Å². The molecule has 1 aromatic carbocycles. The Bertz CT molecular complexity index is 579. The number of ketones is 1. The summed E-state index contributed by atoms with van der Waals surface area (Å²) >= 11 is 0. The molecule has 0 bridgehead atoms. The number of methoxy groups -OCH3 is 1. The second kappa shape index (κ2) is 10.1. The van der Waals surface area contributed by atoms with Gasteiger partial charge >= 0.3 is 0 Å². The molecule has 0 saturated heterocycles. The van der Waals surface area contributed by atoms with Crippen molar-refractivity contribution < 1.29 is 19.1 Å². The van der Waals surface area contributed by atoms with Crippen molar-refractivity contribution in [2.45, 2.75) is 51.9 Å². The van der Waals surface area contributed by atoms with Crippen molar-refractivity contribution in [3.8, 4) is 11.5 Å². The molecule has 138 valence electrons. The van der Waals surface area contributed by atoms with Crippen LogP contribution in [0.5, 0.6) is 11.5 Å². The minimum absolute atomic E-state index is 0.0144. The number of hydrogen-bond acceptors (Lipinski definition) is 4. The van der Waals surface area contributed by atoms with E-state index < -0.39 is 0 Å². The molecular weight excluding hydrogens is 318 g/mol. The Balaban J connectivity index is 1.68. The van der Waals surface area contributed by atoms with Crippen LogP contribution in [0, 0.1) is 5.92 Å². The summed E-state index contributed by atoms with van der Waals surface area (Å²) in [7, 11) is 1.55. The number of amides is 1. The summed E-state index contributed by atoms with van der Waals surface area (Å²) in [5.74, 6) is 1.86. The zero-order valence-corrected chi connectivity index (χ0v) is 15.3. The molecule has 1 fully saturated rings. The summed E-state index contributed by atoms with van der Waals surface area (Å²) in [5.41, 5.74) is 0.589. The molecule has 2 rings (SSSR count). The van der Waals surface area contributed by atoms with Crippen LogP contribution in [0.15, 0.2) is 18.2 Å². The first-order chi connectivity index (χ1) is 12.1. The second-order valence-electron chi connectivity index (χ2n) is 6.68. The van der Waals surface area contributed by atoms with E-state index in [-0.39, 0.29) is 11.7 Å². The molecule has 5 nitrogen and oxygen atoms in total. The standard InChI is InChI=1S/C20H29NO4/c1-15(22)17-10-11-18(19(13-17)24-2)25-12-6-9-20(23)21-14-16-7-4-3-5-8-16/h10-11,13,16H,3-9,12,14H2,1-2H3,(H,21,23). The maximum atomic E-state index is 11.9. The van der Waals surface area contributed by atoms with Gasteiger partial charge in [0, 0.05) is 18.5 Å². The Morgan fingerprint density at radius 3 is 2.60 bits per heavy atom. The van der Waals surface area contributed by atoms with Gasteiger partial charge in [-0.25, -0.2) is 0 Å². The van der Waals surface area contributed by atoms with Crippen LogP contribution in [-0.2, 0) is 4.79 Å². The molecule has 0 atom stereocenters. The lowest BCUT2D eigenvalue weighted by Crippen LogP contribution is -2.30. The van der Waals surface area contributed by atoms with E-state index in [9.17, 15) is 9.59 Å². The van der Waals surface area contributed by atoms with Crippen LogP contribution in [0.4, 0.5) is 0 Å². The van der Waals surface area contributed by atoms with Gasteiger partial charge in [0.05, 0.1) is 13.7 Å². The van der Waals surface area contributed by atoms with Crippen LogP contribution in [0.3, 0.4) is 0 Å². The predicted molar refractivity (Wildman–Crippen MR) is 97.3 cm³/mol. The Labute approximate surface area is 150 Å². The summed E-state index contributed by atoms with van der Waals surface area (Å²) in [4.78, 5) is 23.3. The van der Waals surface area contributed by atoms with E-state index in [1.807, 2.05) is 0 Å². The number of Topliss-reactive ketones (excluding diaryl/α,β-unsaturated/α-hetero) is 1. The summed E-state index contributed by atoms with van der Waals surface area (Å²) in [6.45, 7) is 2.76. The maximum absolute atomic E-state index is 11.9. The zero-order valence-electron chi connectivity index (χ0n) is 15.3. The molecule has 0 spiro atoms. The highest BCUT2D eigenvalue weighted by Gasteiger charge is 2.14. The van der Waals surface area contributed by atoms with E-state index in [1.165, 1.54) is 39.0 Å².